The van der Waals surface area contributed by atoms with Crippen molar-refractivity contribution in [3.63, 3.8) is 0 Å². The van der Waals surface area contributed by atoms with E-state index >= 15 is 0 Å². The fraction of sp³-hybridized carbons (Fsp3) is 0.231. The minimum atomic E-state index is -0.982. The summed E-state index contributed by atoms with van der Waals surface area (Å²) < 4.78 is 5.60. The summed E-state index contributed by atoms with van der Waals surface area (Å²) in [6.07, 6.45) is -0.830. The quantitative estimate of drug-likeness (QED) is 0.568. The number of carbonyl (C=O) groups is 2. The normalized spacial score (nSPS) is 13.2. The van der Waals surface area contributed by atoms with Crippen molar-refractivity contribution in [3.8, 4) is 11.1 Å². The van der Waals surface area contributed by atoms with Gasteiger partial charge in [-0.3, -0.25) is 4.79 Å². The van der Waals surface area contributed by atoms with E-state index in [9.17, 15) is 14.7 Å². The summed E-state index contributed by atoms with van der Waals surface area (Å²) in [7, 11) is 0. The van der Waals surface area contributed by atoms with Gasteiger partial charge in [-0.2, -0.15) is 0 Å². The maximum Gasteiger partial charge on any atom is 0.407 e. The molecule has 158 valence electrons. The van der Waals surface area contributed by atoms with E-state index in [-0.39, 0.29) is 18.9 Å². The Morgan fingerprint density at radius 1 is 0.968 bits per heavy atom. The number of amides is 1. The lowest BCUT2D eigenvalue weighted by Gasteiger charge is -2.21. The fourth-order valence-corrected chi connectivity index (χ4v) is 4.33. The SMILES string of the molecule is Cc1ccc(C)c([C@H](CC(=O)O)NC(=O)OCC2c3ccccc3-c3ccccc32)c1. The summed E-state index contributed by atoms with van der Waals surface area (Å²) in [4.78, 5) is 24.1. The van der Waals surface area contributed by atoms with Crippen LogP contribution >= 0.6 is 0 Å². The van der Waals surface area contributed by atoms with Crippen molar-refractivity contribution >= 4 is 12.1 Å². The molecule has 0 heterocycles. The number of aliphatic carboxylic acids is 1. The first-order chi connectivity index (χ1) is 14.9. The van der Waals surface area contributed by atoms with Gasteiger partial charge in [-0.1, -0.05) is 72.3 Å². The van der Waals surface area contributed by atoms with Crippen LogP contribution in [0.1, 0.15) is 46.2 Å². The maximum atomic E-state index is 12.7. The lowest BCUT2D eigenvalue weighted by molar-refractivity contribution is -0.137. The third kappa shape index (κ3) is 4.31. The Morgan fingerprint density at radius 2 is 1.58 bits per heavy atom. The summed E-state index contributed by atoms with van der Waals surface area (Å²) >= 11 is 0. The molecule has 0 radical (unpaired) electrons. The van der Waals surface area contributed by atoms with Crippen molar-refractivity contribution in [2.45, 2.75) is 32.2 Å². The number of fused-ring (bicyclic) bond motifs is 3. The Morgan fingerprint density at radius 3 is 2.19 bits per heavy atom. The number of carboxylic acids is 1. The number of carbonyl (C=O) groups excluding carboxylic acids is 1. The number of hydrogen-bond acceptors (Lipinski definition) is 3. The average Bonchev–Trinajstić information content (AvgIpc) is 3.07. The van der Waals surface area contributed by atoms with E-state index in [2.05, 4.69) is 29.6 Å². The molecular weight excluding hydrogens is 390 g/mol. The van der Waals surface area contributed by atoms with Crippen molar-refractivity contribution in [3.05, 3.63) is 94.5 Å². The maximum absolute atomic E-state index is 12.7. The largest absolute Gasteiger partial charge is 0.481 e. The molecule has 0 unspecified atom stereocenters. The van der Waals surface area contributed by atoms with Crippen LogP contribution in [0.4, 0.5) is 4.79 Å². The van der Waals surface area contributed by atoms with Gasteiger partial charge < -0.3 is 15.2 Å². The van der Waals surface area contributed by atoms with Crippen LogP contribution in [0.15, 0.2) is 66.7 Å². The van der Waals surface area contributed by atoms with Gasteiger partial charge in [0.15, 0.2) is 0 Å². The predicted octanol–water partition coefficient (Wildman–Crippen LogP) is 5.36. The first-order valence-corrected chi connectivity index (χ1v) is 10.3. The predicted molar refractivity (Wildman–Crippen MR) is 119 cm³/mol. The van der Waals surface area contributed by atoms with Crippen LogP contribution in [0.5, 0.6) is 0 Å². The zero-order chi connectivity index (χ0) is 22.0. The molecule has 0 fully saturated rings. The van der Waals surface area contributed by atoms with E-state index < -0.39 is 18.1 Å². The Balaban J connectivity index is 1.50. The van der Waals surface area contributed by atoms with Gasteiger partial charge in [0.2, 0.25) is 0 Å². The average molecular weight is 415 g/mol. The zero-order valence-corrected chi connectivity index (χ0v) is 17.6. The number of ether oxygens (including phenoxy) is 1. The Kier molecular flexibility index (Phi) is 5.76. The second kappa shape index (κ2) is 8.64. The molecule has 5 nitrogen and oxygen atoms in total. The number of carboxylic acid groups (broad SMARTS) is 1. The molecule has 3 aromatic rings. The van der Waals surface area contributed by atoms with E-state index in [1.807, 2.05) is 56.3 Å². The first kappa shape index (κ1) is 20.7. The van der Waals surface area contributed by atoms with Crippen LogP contribution in [0.3, 0.4) is 0 Å². The number of hydrogen-bond donors (Lipinski definition) is 2. The lowest BCUT2D eigenvalue weighted by Crippen LogP contribution is -2.32. The molecule has 3 aromatic carbocycles. The van der Waals surface area contributed by atoms with Crippen LogP contribution in [0, 0.1) is 13.8 Å². The molecule has 0 saturated heterocycles. The van der Waals surface area contributed by atoms with Crippen molar-refractivity contribution in [2.24, 2.45) is 0 Å². The van der Waals surface area contributed by atoms with Crippen LogP contribution in [-0.2, 0) is 9.53 Å². The Hall–Kier alpha value is -3.60. The number of rotatable bonds is 6. The molecule has 0 saturated carbocycles. The minimum Gasteiger partial charge on any atom is -0.481 e. The highest BCUT2D eigenvalue weighted by Gasteiger charge is 2.29. The molecule has 0 spiro atoms. The Labute approximate surface area is 181 Å². The fourth-order valence-electron chi connectivity index (χ4n) is 4.33. The smallest absolute Gasteiger partial charge is 0.407 e. The monoisotopic (exact) mass is 415 g/mol. The molecule has 1 aliphatic carbocycles. The molecule has 1 amide bonds. The Bertz CT molecular complexity index is 1090. The van der Waals surface area contributed by atoms with Crippen molar-refractivity contribution in [1.29, 1.82) is 0 Å². The number of alkyl carbamates (subject to hydrolysis) is 1. The summed E-state index contributed by atoms with van der Waals surface area (Å²) in [5, 5.41) is 12.1. The highest BCUT2D eigenvalue weighted by atomic mass is 16.5. The zero-order valence-electron chi connectivity index (χ0n) is 17.6. The summed E-state index contributed by atoms with van der Waals surface area (Å²) in [5.41, 5.74) is 7.30. The van der Waals surface area contributed by atoms with Gasteiger partial charge in [-0.25, -0.2) is 4.79 Å². The minimum absolute atomic E-state index is 0.0446. The van der Waals surface area contributed by atoms with Crippen LogP contribution in [-0.4, -0.2) is 23.8 Å². The molecule has 2 N–H and O–H groups in total. The number of benzene rings is 3. The van der Waals surface area contributed by atoms with Crippen LogP contribution in [0.2, 0.25) is 0 Å². The standard InChI is InChI=1S/C26H25NO4/c1-16-11-12-17(2)22(13-16)24(14-25(28)29)27-26(30)31-15-23-20-9-5-3-7-18(20)19-8-4-6-10-21(19)23/h3-13,23-24H,14-15H2,1-2H3,(H,27,30)(H,28,29)/t24-/m0/s1. The van der Waals surface area contributed by atoms with Gasteiger partial charge in [-0.15, -0.1) is 0 Å². The molecule has 0 bridgehead atoms. The molecule has 1 aliphatic rings. The van der Waals surface area contributed by atoms with Gasteiger partial charge in [0.25, 0.3) is 0 Å². The highest BCUT2D eigenvalue weighted by molar-refractivity contribution is 5.79. The molecule has 0 aromatic heterocycles. The second-order valence-electron chi connectivity index (χ2n) is 7.98. The third-order valence-corrected chi connectivity index (χ3v) is 5.82. The molecule has 5 heteroatoms. The van der Waals surface area contributed by atoms with Crippen LogP contribution in [0.25, 0.3) is 11.1 Å². The molecule has 0 aliphatic heterocycles. The first-order valence-electron chi connectivity index (χ1n) is 10.3. The van der Waals surface area contributed by atoms with Crippen LogP contribution < -0.4 is 5.32 Å². The van der Waals surface area contributed by atoms with E-state index in [0.717, 1.165) is 38.9 Å². The van der Waals surface area contributed by atoms with E-state index in [0.29, 0.717) is 0 Å². The van der Waals surface area contributed by atoms with Gasteiger partial charge in [0.05, 0.1) is 12.5 Å². The molecule has 31 heavy (non-hydrogen) atoms. The van der Waals surface area contributed by atoms with Gasteiger partial charge >= 0.3 is 12.1 Å². The molecular formula is C26H25NO4. The second-order valence-corrected chi connectivity index (χ2v) is 7.98. The topological polar surface area (TPSA) is 75.6 Å². The summed E-state index contributed by atoms with van der Waals surface area (Å²) in [6, 6.07) is 21.4. The van der Waals surface area contributed by atoms with Crippen molar-refractivity contribution in [2.75, 3.05) is 6.61 Å². The highest BCUT2D eigenvalue weighted by Crippen LogP contribution is 2.44. The third-order valence-electron chi connectivity index (χ3n) is 5.82. The molecule has 1 atom stereocenters. The van der Waals surface area contributed by atoms with Crippen molar-refractivity contribution in [1.82, 2.24) is 5.32 Å². The van der Waals surface area contributed by atoms with E-state index in [1.165, 1.54) is 0 Å². The van der Waals surface area contributed by atoms with E-state index in [1.54, 1.807) is 0 Å². The number of aryl methyl sites for hydroxylation is 2. The molecule has 4 rings (SSSR count). The number of nitrogens with one attached hydrogen (secondary N) is 1. The lowest BCUT2D eigenvalue weighted by atomic mass is 9.97. The van der Waals surface area contributed by atoms with E-state index in [4.69, 9.17) is 4.74 Å². The summed E-state index contributed by atoms with van der Waals surface area (Å²) in [5.74, 6) is -1.03. The van der Waals surface area contributed by atoms with Gasteiger partial charge in [0.1, 0.15) is 6.61 Å². The van der Waals surface area contributed by atoms with Gasteiger partial charge in [0, 0.05) is 5.92 Å². The van der Waals surface area contributed by atoms with Gasteiger partial charge in [-0.05, 0) is 47.2 Å². The van der Waals surface area contributed by atoms with Crippen molar-refractivity contribution < 1.29 is 19.4 Å². The summed E-state index contributed by atoms with van der Waals surface area (Å²) in [6.45, 7) is 4.03.